The lowest BCUT2D eigenvalue weighted by Gasteiger charge is -2.27. The topological polar surface area (TPSA) is 72.3 Å². The van der Waals surface area contributed by atoms with Crippen molar-refractivity contribution in [3.8, 4) is 11.4 Å². The molecule has 0 spiro atoms. The standard InChI is InChI=1S/C26H32FN5O2S/c1-3-20-4-6-21(7-5-20)19(2)28-24(33)18-35-26-30-29-25(22-8-10-23(27)11-9-22)32(26)13-12-31-14-16-34-17-15-31/h4-11,19H,3,12-18H2,1-2H3,(H,28,33). The zero-order chi connectivity index (χ0) is 24.6. The van der Waals surface area contributed by atoms with Crippen LogP contribution in [0.3, 0.4) is 0 Å². The summed E-state index contributed by atoms with van der Waals surface area (Å²) >= 11 is 1.36. The molecule has 0 saturated carbocycles. The number of rotatable bonds is 10. The van der Waals surface area contributed by atoms with Gasteiger partial charge in [0.05, 0.1) is 25.0 Å². The van der Waals surface area contributed by atoms with E-state index in [1.165, 1.54) is 29.5 Å². The highest BCUT2D eigenvalue weighted by Gasteiger charge is 2.18. The lowest BCUT2D eigenvalue weighted by atomic mass is 10.1. The van der Waals surface area contributed by atoms with E-state index in [1.54, 1.807) is 12.1 Å². The largest absolute Gasteiger partial charge is 0.379 e. The van der Waals surface area contributed by atoms with Crippen LogP contribution in [-0.4, -0.2) is 64.2 Å². The number of hydrogen-bond acceptors (Lipinski definition) is 6. The first kappa shape index (κ1) is 25.3. The average Bonchev–Trinajstić information content (AvgIpc) is 3.30. The van der Waals surface area contributed by atoms with Gasteiger partial charge in [-0.1, -0.05) is 43.0 Å². The van der Waals surface area contributed by atoms with Crippen LogP contribution in [0.1, 0.15) is 31.0 Å². The molecule has 0 aliphatic carbocycles. The van der Waals surface area contributed by atoms with Gasteiger partial charge in [-0.2, -0.15) is 0 Å². The quantitative estimate of drug-likeness (QED) is 0.428. The molecule has 2 heterocycles. The molecule has 1 amide bonds. The van der Waals surface area contributed by atoms with Gasteiger partial charge in [0.2, 0.25) is 5.91 Å². The van der Waals surface area contributed by atoms with Crippen LogP contribution in [0.25, 0.3) is 11.4 Å². The number of halogens is 1. The second-order valence-electron chi connectivity index (χ2n) is 8.59. The van der Waals surface area contributed by atoms with Gasteiger partial charge < -0.3 is 14.6 Å². The van der Waals surface area contributed by atoms with Crippen LogP contribution in [0.4, 0.5) is 4.39 Å². The summed E-state index contributed by atoms with van der Waals surface area (Å²) in [7, 11) is 0. The van der Waals surface area contributed by atoms with E-state index in [4.69, 9.17) is 4.74 Å². The molecule has 0 radical (unpaired) electrons. The van der Waals surface area contributed by atoms with Crippen LogP contribution in [0.2, 0.25) is 0 Å². The Morgan fingerprint density at radius 1 is 1.09 bits per heavy atom. The van der Waals surface area contributed by atoms with Gasteiger partial charge in [-0.3, -0.25) is 9.69 Å². The van der Waals surface area contributed by atoms with E-state index in [0.29, 0.717) is 17.5 Å². The number of morpholine rings is 1. The minimum absolute atomic E-state index is 0.0619. The molecule has 9 heteroatoms. The Hall–Kier alpha value is -2.75. The molecule has 1 aliphatic heterocycles. The maximum absolute atomic E-state index is 13.5. The van der Waals surface area contributed by atoms with Crippen molar-refractivity contribution in [1.29, 1.82) is 0 Å². The molecule has 4 rings (SSSR count). The number of nitrogens with zero attached hydrogens (tertiary/aromatic N) is 4. The molecule has 1 unspecified atom stereocenters. The number of nitrogens with one attached hydrogen (secondary N) is 1. The first-order chi connectivity index (χ1) is 17.0. The van der Waals surface area contributed by atoms with Crippen LogP contribution in [0, 0.1) is 5.82 Å². The number of carbonyl (C=O) groups is 1. The van der Waals surface area contributed by atoms with Crippen molar-refractivity contribution in [3.63, 3.8) is 0 Å². The fraction of sp³-hybridized carbons (Fsp3) is 0.423. The van der Waals surface area contributed by atoms with E-state index in [9.17, 15) is 9.18 Å². The van der Waals surface area contributed by atoms with E-state index in [1.807, 2.05) is 11.5 Å². The van der Waals surface area contributed by atoms with E-state index < -0.39 is 0 Å². The molecule has 1 aliphatic rings. The molecule has 1 atom stereocenters. The van der Waals surface area contributed by atoms with Gasteiger partial charge >= 0.3 is 0 Å². The zero-order valence-electron chi connectivity index (χ0n) is 20.2. The molecule has 0 bridgehead atoms. The molecule has 1 fully saturated rings. The van der Waals surface area contributed by atoms with Crippen molar-refractivity contribution in [3.05, 3.63) is 65.5 Å². The van der Waals surface area contributed by atoms with Crippen molar-refractivity contribution < 1.29 is 13.9 Å². The van der Waals surface area contributed by atoms with Crippen LogP contribution in [0.15, 0.2) is 53.7 Å². The van der Waals surface area contributed by atoms with Gasteiger partial charge in [-0.05, 0) is 48.7 Å². The molecular formula is C26H32FN5O2S. The van der Waals surface area contributed by atoms with Crippen LogP contribution >= 0.6 is 11.8 Å². The summed E-state index contributed by atoms with van der Waals surface area (Å²) in [6.45, 7) is 8.83. The van der Waals surface area contributed by atoms with Gasteiger partial charge in [-0.25, -0.2) is 4.39 Å². The molecular weight excluding hydrogens is 465 g/mol. The molecule has 7 nitrogen and oxygen atoms in total. The summed E-state index contributed by atoms with van der Waals surface area (Å²) in [4.78, 5) is 15.0. The summed E-state index contributed by atoms with van der Waals surface area (Å²) < 4.78 is 20.9. The van der Waals surface area contributed by atoms with Crippen molar-refractivity contribution in [2.24, 2.45) is 0 Å². The molecule has 2 aromatic carbocycles. The Bertz CT molecular complexity index is 1100. The lowest BCUT2D eigenvalue weighted by Crippen LogP contribution is -2.38. The first-order valence-electron chi connectivity index (χ1n) is 12.0. The number of amides is 1. The Kier molecular flexibility index (Phi) is 8.90. The average molecular weight is 498 g/mol. The highest BCUT2D eigenvalue weighted by molar-refractivity contribution is 7.99. The van der Waals surface area contributed by atoms with E-state index >= 15 is 0 Å². The molecule has 186 valence electrons. The maximum atomic E-state index is 13.5. The predicted octanol–water partition coefficient (Wildman–Crippen LogP) is 3.95. The second-order valence-corrected chi connectivity index (χ2v) is 9.53. The van der Waals surface area contributed by atoms with E-state index in [0.717, 1.165) is 50.4 Å². The van der Waals surface area contributed by atoms with Gasteiger partial charge in [0.1, 0.15) is 5.82 Å². The van der Waals surface area contributed by atoms with Crippen molar-refractivity contribution >= 4 is 17.7 Å². The van der Waals surface area contributed by atoms with Crippen molar-refractivity contribution in [2.45, 2.75) is 38.0 Å². The van der Waals surface area contributed by atoms with E-state index in [2.05, 4.69) is 51.6 Å². The Morgan fingerprint density at radius 2 is 1.80 bits per heavy atom. The molecule has 1 aromatic heterocycles. The summed E-state index contributed by atoms with van der Waals surface area (Å²) in [5.41, 5.74) is 3.14. The molecule has 1 saturated heterocycles. The highest BCUT2D eigenvalue weighted by Crippen LogP contribution is 2.25. The van der Waals surface area contributed by atoms with Gasteiger partial charge in [0.15, 0.2) is 11.0 Å². The Morgan fingerprint density at radius 3 is 2.49 bits per heavy atom. The predicted molar refractivity (Wildman–Crippen MR) is 136 cm³/mol. The number of thioether (sulfide) groups is 1. The monoisotopic (exact) mass is 497 g/mol. The number of carbonyl (C=O) groups excluding carboxylic acids is 1. The summed E-state index contributed by atoms with van der Waals surface area (Å²) in [5.74, 6) is 0.549. The van der Waals surface area contributed by atoms with Crippen LogP contribution in [0.5, 0.6) is 0 Å². The van der Waals surface area contributed by atoms with Crippen LogP contribution in [-0.2, 0) is 22.5 Å². The SMILES string of the molecule is CCc1ccc(C(C)NC(=O)CSc2nnc(-c3ccc(F)cc3)n2CCN2CCOCC2)cc1. The number of hydrogen-bond donors (Lipinski definition) is 1. The normalized spacial score (nSPS) is 15.2. The lowest BCUT2D eigenvalue weighted by molar-refractivity contribution is -0.119. The fourth-order valence-corrected chi connectivity index (χ4v) is 4.79. The summed E-state index contributed by atoms with van der Waals surface area (Å²) in [6.07, 6.45) is 0.990. The third-order valence-electron chi connectivity index (χ3n) is 6.16. The van der Waals surface area contributed by atoms with Gasteiger partial charge in [0.25, 0.3) is 0 Å². The number of aryl methyl sites for hydroxylation is 1. The molecule has 3 aromatic rings. The highest BCUT2D eigenvalue weighted by atomic mass is 32.2. The van der Waals surface area contributed by atoms with Crippen molar-refractivity contribution in [1.82, 2.24) is 25.0 Å². The smallest absolute Gasteiger partial charge is 0.230 e. The first-order valence-corrected chi connectivity index (χ1v) is 13.0. The fourth-order valence-electron chi connectivity index (χ4n) is 4.01. The number of benzene rings is 2. The van der Waals surface area contributed by atoms with E-state index in [-0.39, 0.29) is 23.5 Å². The second kappa shape index (κ2) is 12.3. The third-order valence-corrected chi connectivity index (χ3v) is 7.13. The summed E-state index contributed by atoms with van der Waals surface area (Å²) in [6, 6.07) is 14.5. The zero-order valence-corrected chi connectivity index (χ0v) is 21.1. The molecule has 35 heavy (non-hydrogen) atoms. The maximum Gasteiger partial charge on any atom is 0.230 e. The summed E-state index contributed by atoms with van der Waals surface area (Å²) in [5, 5.41) is 12.5. The number of ether oxygens (including phenoxy) is 1. The molecule has 1 N–H and O–H groups in total. The third kappa shape index (κ3) is 6.90. The minimum atomic E-state index is -0.294. The van der Waals surface area contributed by atoms with Crippen molar-refractivity contribution in [2.75, 3.05) is 38.6 Å². The van der Waals surface area contributed by atoms with Gasteiger partial charge in [-0.15, -0.1) is 10.2 Å². The van der Waals surface area contributed by atoms with Crippen LogP contribution < -0.4 is 5.32 Å². The Balaban J connectivity index is 1.42. The Labute approximate surface area is 210 Å². The van der Waals surface area contributed by atoms with Gasteiger partial charge in [0, 0.05) is 31.7 Å². The number of aromatic nitrogens is 3. The minimum Gasteiger partial charge on any atom is -0.379 e.